The monoisotopic (exact) mass is 367 g/mol. The Hall–Kier alpha value is -2.17. The summed E-state index contributed by atoms with van der Waals surface area (Å²) < 4.78 is 0. The molecular formula is C23H33N3O+2. The Morgan fingerprint density at radius 2 is 1.59 bits per heavy atom. The maximum Gasteiger partial charge on any atom is 0.279 e. The van der Waals surface area contributed by atoms with Gasteiger partial charge in [-0.3, -0.25) is 4.79 Å². The molecular weight excluding hydrogens is 334 g/mol. The first-order valence-corrected chi connectivity index (χ1v) is 10.2. The molecule has 4 heteroatoms. The molecule has 1 aliphatic rings. The molecule has 0 aliphatic carbocycles. The molecule has 0 radical (unpaired) electrons. The second-order valence-electron chi connectivity index (χ2n) is 7.91. The highest BCUT2D eigenvalue weighted by molar-refractivity contribution is 5.92. The number of benzene rings is 2. The van der Waals surface area contributed by atoms with Gasteiger partial charge in [-0.15, -0.1) is 0 Å². The van der Waals surface area contributed by atoms with Gasteiger partial charge in [0.25, 0.3) is 5.91 Å². The highest BCUT2D eigenvalue weighted by atomic mass is 16.2. The van der Waals surface area contributed by atoms with Gasteiger partial charge in [-0.1, -0.05) is 54.4 Å². The molecule has 3 N–H and O–H groups in total. The van der Waals surface area contributed by atoms with Crippen LogP contribution in [0.5, 0.6) is 0 Å². The summed E-state index contributed by atoms with van der Waals surface area (Å²) in [7, 11) is 0. The highest BCUT2D eigenvalue weighted by Crippen LogP contribution is 2.14. The molecule has 2 aromatic carbocycles. The van der Waals surface area contributed by atoms with E-state index in [0.717, 1.165) is 44.8 Å². The molecule has 4 nitrogen and oxygen atoms in total. The van der Waals surface area contributed by atoms with Crippen molar-refractivity contribution in [2.24, 2.45) is 0 Å². The van der Waals surface area contributed by atoms with E-state index in [0.29, 0.717) is 6.54 Å². The quantitative estimate of drug-likeness (QED) is 0.694. The summed E-state index contributed by atoms with van der Waals surface area (Å²) in [6, 6.07) is 14.9. The van der Waals surface area contributed by atoms with Crippen molar-refractivity contribution in [3.63, 3.8) is 0 Å². The van der Waals surface area contributed by atoms with Crippen molar-refractivity contribution in [3.05, 3.63) is 64.7 Å². The van der Waals surface area contributed by atoms with Crippen LogP contribution in [0.2, 0.25) is 0 Å². The predicted molar refractivity (Wildman–Crippen MR) is 110 cm³/mol. The average Bonchev–Trinajstić information content (AvgIpc) is 2.63. The van der Waals surface area contributed by atoms with E-state index in [1.54, 1.807) is 4.90 Å². The van der Waals surface area contributed by atoms with Crippen LogP contribution in [0.4, 0.5) is 5.69 Å². The summed E-state index contributed by atoms with van der Waals surface area (Å²) >= 11 is 0. The summed E-state index contributed by atoms with van der Waals surface area (Å²) in [5.74, 6) is 0.128. The number of carbonyl (C=O) groups is 1. The van der Waals surface area contributed by atoms with Gasteiger partial charge >= 0.3 is 0 Å². The minimum Gasteiger partial charge on any atom is -0.322 e. The van der Waals surface area contributed by atoms with E-state index in [1.165, 1.54) is 27.2 Å². The molecule has 0 spiro atoms. The summed E-state index contributed by atoms with van der Waals surface area (Å²) in [6.07, 6.45) is 0.934. The van der Waals surface area contributed by atoms with Crippen molar-refractivity contribution >= 4 is 11.6 Å². The molecule has 27 heavy (non-hydrogen) atoms. The molecule has 0 atom stereocenters. The summed E-state index contributed by atoms with van der Waals surface area (Å²) in [6.45, 7) is 12.5. The minimum atomic E-state index is 0.128. The number of quaternary nitrogens is 2. The van der Waals surface area contributed by atoms with E-state index in [9.17, 15) is 4.79 Å². The van der Waals surface area contributed by atoms with Gasteiger partial charge in [0, 0.05) is 11.3 Å². The fraction of sp³-hybridized carbons (Fsp3) is 0.435. The highest BCUT2D eigenvalue weighted by Gasteiger charge is 2.25. The number of para-hydroxylation sites is 1. The average molecular weight is 368 g/mol. The van der Waals surface area contributed by atoms with E-state index < -0.39 is 0 Å². The second kappa shape index (κ2) is 9.16. The molecule has 1 saturated heterocycles. The Kier molecular flexibility index (Phi) is 6.64. The molecule has 3 rings (SSSR count). The van der Waals surface area contributed by atoms with Gasteiger partial charge in [-0.2, -0.15) is 0 Å². The van der Waals surface area contributed by atoms with Gasteiger partial charge in [0.05, 0.1) is 0 Å². The third kappa shape index (κ3) is 5.65. The zero-order valence-corrected chi connectivity index (χ0v) is 16.9. The fourth-order valence-electron chi connectivity index (χ4n) is 4.14. The Morgan fingerprint density at radius 1 is 0.963 bits per heavy atom. The lowest BCUT2D eigenvalue weighted by molar-refractivity contribution is -1.02. The first-order chi connectivity index (χ1) is 13.0. The number of nitrogens with one attached hydrogen (secondary N) is 3. The summed E-state index contributed by atoms with van der Waals surface area (Å²) in [5.41, 5.74) is 6.28. The van der Waals surface area contributed by atoms with Crippen LogP contribution in [0.1, 0.15) is 29.2 Å². The molecule has 0 unspecified atom stereocenters. The second-order valence-corrected chi connectivity index (χ2v) is 7.91. The maximum absolute atomic E-state index is 12.5. The molecule has 1 fully saturated rings. The normalized spacial score (nSPS) is 19.7. The van der Waals surface area contributed by atoms with Crippen LogP contribution >= 0.6 is 0 Å². The third-order valence-electron chi connectivity index (χ3n) is 5.48. The minimum absolute atomic E-state index is 0.128. The van der Waals surface area contributed by atoms with Gasteiger partial charge in [0.1, 0.15) is 32.7 Å². The van der Waals surface area contributed by atoms with E-state index in [2.05, 4.69) is 50.4 Å². The third-order valence-corrected chi connectivity index (χ3v) is 5.48. The number of carbonyl (C=O) groups excluding carboxylic acids is 1. The van der Waals surface area contributed by atoms with Crippen molar-refractivity contribution in [1.29, 1.82) is 0 Å². The van der Waals surface area contributed by atoms with Crippen LogP contribution < -0.4 is 15.1 Å². The number of anilines is 1. The molecule has 144 valence electrons. The number of aryl methyl sites for hydroxylation is 3. The molecule has 0 bridgehead atoms. The molecule has 0 saturated carbocycles. The SMILES string of the molecule is CCc1ccccc1NC(=O)C[NH+]1CC[NH+](Cc2cc(C)cc(C)c2)CC1. The van der Waals surface area contributed by atoms with Gasteiger partial charge in [-0.25, -0.2) is 0 Å². The largest absolute Gasteiger partial charge is 0.322 e. The van der Waals surface area contributed by atoms with Crippen molar-refractivity contribution < 1.29 is 14.6 Å². The van der Waals surface area contributed by atoms with Crippen molar-refractivity contribution in [1.82, 2.24) is 0 Å². The van der Waals surface area contributed by atoms with Crippen LogP contribution in [0, 0.1) is 13.8 Å². The number of hydrogen-bond acceptors (Lipinski definition) is 1. The van der Waals surface area contributed by atoms with Crippen molar-refractivity contribution in [3.8, 4) is 0 Å². The number of amides is 1. The van der Waals surface area contributed by atoms with Crippen LogP contribution in [0.25, 0.3) is 0 Å². The van der Waals surface area contributed by atoms with Gasteiger partial charge < -0.3 is 15.1 Å². The van der Waals surface area contributed by atoms with E-state index >= 15 is 0 Å². The number of hydrogen-bond donors (Lipinski definition) is 3. The lowest BCUT2D eigenvalue weighted by atomic mass is 10.1. The Balaban J connectivity index is 1.47. The first-order valence-electron chi connectivity index (χ1n) is 10.2. The molecule has 0 aromatic heterocycles. The Morgan fingerprint density at radius 3 is 2.26 bits per heavy atom. The topological polar surface area (TPSA) is 38.0 Å². The van der Waals surface area contributed by atoms with Crippen molar-refractivity contribution in [2.75, 3.05) is 38.0 Å². The lowest BCUT2D eigenvalue weighted by Crippen LogP contribution is -3.28. The van der Waals surface area contributed by atoms with Crippen LogP contribution in [0.3, 0.4) is 0 Å². The van der Waals surface area contributed by atoms with E-state index in [1.807, 2.05) is 18.2 Å². The molecule has 1 aliphatic heterocycles. The summed E-state index contributed by atoms with van der Waals surface area (Å²) in [5, 5.41) is 3.11. The van der Waals surface area contributed by atoms with Gasteiger partial charge in [0.2, 0.25) is 0 Å². The van der Waals surface area contributed by atoms with Gasteiger partial charge in [0.15, 0.2) is 6.54 Å². The number of piperazine rings is 1. The molecule has 2 aromatic rings. The maximum atomic E-state index is 12.5. The Bertz CT molecular complexity index is 759. The number of rotatable bonds is 6. The van der Waals surface area contributed by atoms with E-state index in [-0.39, 0.29) is 5.91 Å². The van der Waals surface area contributed by atoms with Crippen molar-refractivity contribution in [2.45, 2.75) is 33.7 Å². The zero-order valence-electron chi connectivity index (χ0n) is 16.9. The fourth-order valence-corrected chi connectivity index (χ4v) is 4.14. The lowest BCUT2D eigenvalue weighted by Gasteiger charge is -2.29. The van der Waals surface area contributed by atoms with Crippen LogP contribution in [0.15, 0.2) is 42.5 Å². The van der Waals surface area contributed by atoms with Gasteiger partial charge in [-0.05, 0) is 31.9 Å². The smallest absolute Gasteiger partial charge is 0.279 e. The van der Waals surface area contributed by atoms with Crippen LogP contribution in [-0.2, 0) is 17.8 Å². The predicted octanol–water partition coefficient (Wildman–Crippen LogP) is 0.788. The van der Waals surface area contributed by atoms with E-state index in [4.69, 9.17) is 0 Å². The zero-order chi connectivity index (χ0) is 19.2. The Labute approximate surface area is 163 Å². The summed E-state index contributed by atoms with van der Waals surface area (Å²) in [4.78, 5) is 15.5. The molecule has 1 heterocycles. The first kappa shape index (κ1) is 19.6. The van der Waals surface area contributed by atoms with Crippen LogP contribution in [-0.4, -0.2) is 38.6 Å². The standard InChI is InChI=1S/C23H31N3O/c1-4-21-7-5-6-8-22(21)24-23(27)17-26-11-9-25(10-12-26)16-20-14-18(2)13-19(3)15-20/h5-8,13-15H,4,9-12,16-17H2,1-3H3,(H,24,27)/p+2. The molecule has 1 amide bonds.